The molecule has 116 valence electrons. The zero-order valence-electron chi connectivity index (χ0n) is 12.3. The molecule has 22 heavy (non-hydrogen) atoms. The van der Waals surface area contributed by atoms with Gasteiger partial charge in [0.2, 0.25) is 5.89 Å². The van der Waals surface area contributed by atoms with Crippen LogP contribution in [0.15, 0.2) is 33.9 Å². The van der Waals surface area contributed by atoms with Crippen molar-refractivity contribution in [1.29, 1.82) is 0 Å². The Kier molecular flexibility index (Phi) is 4.62. The summed E-state index contributed by atoms with van der Waals surface area (Å²) >= 11 is 1.51. The smallest absolute Gasteiger partial charge is 0.409 e. The molecule has 6 nitrogen and oxygen atoms in total. The summed E-state index contributed by atoms with van der Waals surface area (Å²) in [5, 5.41) is 8.71. The third-order valence-corrected chi connectivity index (χ3v) is 4.33. The quantitative estimate of drug-likeness (QED) is 0.602. The second kappa shape index (κ2) is 6.83. The number of ether oxygens (including phenoxy) is 1. The molecule has 7 heteroatoms. The SMILES string of the molecule is Cc1ccccc1-c1nnc(SCCCN2CCOC2=O)o1. The van der Waals surface area contributed by atoms with Crippen LogP contribution < -0.4 is 0 Å². The van der Waals surface area contributed by atoms with E-state index in [-0.39, 0.29) is 6.09 Å². The minimum atomic E-state index is -0.218. The third kappa shape index (κ3) is 3.41. The maximum absolute atomic E-state index is 11.3. The van der Waals surface area contributed by atoms with Crippen molar-refractivity contribution in [3.63, 3.8) is 0 Å². The average molecular weight is 319 g/mol. The number of aromatic nitrogens is 2. The molecule has 1 saturated heterocycles. The Morgan fingerprint density at radius 2 is 2.18 bits per heavy atom. The predicted molar refractivity (Wildman–Crippen MR) is 82.7 cm³/mol. The molecule has 0 radical (unpaired) electrons. The summed E-state index contributed by atoms with van der Waals surface area (Å²) in [6.07, 6.45) is 0.645. The van der Waals surface area contributed by atoms with E-state index >= 15 is 0 Å². The Bertz CT molecular complexity index is 659. The number of nitrogens with zero attached hydrogens (tertiary/aromatic N) is 3. The van der Waals surface area contributed by atoms with E-state index in [4.69, 9.17) is 9.15 Å². The molecule has 0 N–H and O–H groups in total. The zero-order valence-corrected chi connectivity index (χ0v) is 13.1. The summed E-state index contributed by atoms with van der Waals surface area (Å²) in [6, 6.07) is 7.92. The highest BCUT2D eigenvalue weighted by atomic mass is 32.2. The number of cyclic esters (lactones) is 1. The van der Waals surface area contributed by atoms with Crippen LogP contribution >= 0.6 is 11.8 Å². The van der Waals surface area contributed by atoms with Gasteiger partial charge in [0, 0.05) is 17.9 Å². The molecular formula is C15H17N3O3S. The van der Waals surface area contributed by atoms with Gasteiger partial charge in [-0.2, -0.15) is 0 Å². The summed E-state index contributed by atoms with van der Waals surface area (Å²) in [6.45, 7) is 3.89. The molecule has 1 aliphatic heterocycles. The third-order valence-electron chi connectivity index (χ3n) is 3.42. The van der Waals surface area contributed by atoms with Crippen LogP contribution in [-0.2, 0) is 4.74 Å². The van der Waals surface area contributed by atoms with E-state index in [9.17, 15) is 4.79 Å². The fourth-order valence-electron chi connectivity index (χ4n) is 2.23. The molecular weight excluding hydrogens is 302 g/mol. The van der Waals surface area contributed by atoms with E-state index < -0.39 is 0 Å². The second-order valence-electron chi connectivity index (χ2n) is 4.99. The zero-order chi connectivity index (χ0) is 15.4. The van der Waals surface area contributed by atoms with E-state index in [1.165, 1.54) is 11.8 Å². The van der Waals surface area contributed by atoms with E-state index in [0.29, 0.717) is 30.8 Å². The molecule has 0 aliphatic carbocycles. The summed E-state index contributed by atoms with van der Waals surface area (Å²) in [7, 11) is 0. The van der Waals surface area contributed by atoms with Crippen LogP contribution in [0.2, 0.25) is 0 Å². The van der Waals surface area contributed by atoms with Gasteiger partial charge in [0.15, 0.2) is 0 Å². The first kappa shape index (κ1) is 14.9. The highest BCUT2D eigenvalue weighted by Gasteiger charge is 2.21. The van der Waals surface area contributed by atoms with Gasteiger partial charge in [-0.25, -0.2) is 4.79 Å². The number of thioether (sulfide) groups is 1. The van der Waals surface area contributed by atoms with Crippen LogP contribution in [0.1, 0.15) is 12.0 Å². The van der Waals surface area contributed by atoms with Crippen LogP contribution in [0.3, 0.4) is 0 Å². The van der Waals surface area contributed by atoms with Crippen LogP contribution in [0, 0.1) is 6.92 Å². The maximum Gasteiger partial charge on any atom is 0.409 e. The minimum absolute atomic E-state index is 0.218. The number of rotatable bonds is 6. The first-order valence-electron chi connectivity index (χ1n) is 7.18. The number of benzene rings is 1. The van der Waals surface area contributed by atoms with Gasteiger partial charge in [0.1, 0.15) is 6.61 Å². The second-order valence-corrected chi connectivity index (χ2v) is 6.04. The van der Waals surface area contributed by atoms with Crippen LogP contribution in [0.25, 0.3) is 11.5 Å². The molecule has 1 aliphatic rings. The summed E-state index contributed by atoms with van der Waals surface area (Å²) in [4.78, 5) is 13.0. The maximum atomic E-state index is 11.3. The first-order valence-corrected chi connectivity index (χ1v) is 8.16. The topological polar surface area (TPSA) is 68.5 Å². The molecule has 2 heterocycles. The molecule has 2 aromatic rings. The number of hydrogen-bond donors (Lipinski definition) is 0. The molecule has 0 unspecified atom stereocenters. The number of amides is 1. The van der Waals surface area contributed by atoms with Crippen molar-refractivity contribution in [1.82, 2.24) is 15.1 Å². The van der Waals surface area contributed by atoms with Gasteiger partial charge in [0.25, 0.3) is 5.22 Å². The van der Waals surface area contributed by atoms with Crippen molar-refractivity contribution >= 4 is 17.9 Å². The van der Waals surface area contributed by atoms with Crippen molar-refractivity contribution in [2.24, 2.45) is 0 Å². The predicted octanol–water partition coefficient (Wildman–Crippen LogP) is 2.98. The fraction of sp³-hybridized carbons (Fsp3) is 0.400. The lowest BCUT2D eigenvalue weighted by Crippen LogP contribution is -2.25. The Labute approximate surface area is 132 Å². The average Bonchev–Trinajstić information content (AvgIpc) is 3.14. The van der Waals surface area contributed by atoms with E-state index in [0.717, 1.165) is 23.3 Å². The number of carbonyl (C=O) groups is 1. The molecule has 1 amide bonds. The monoisotopic (exact) mass is 319 g/mol. The summed E-state index contributed by atoms with van der Waals surface area (Å²) < 4.78 is 10.6. The summed E-state index contributed by atoms with van der Waals surface area (Å²) in [5.74, 6) is 1.36. The van der Waals surface area contributed by atoms with Crippen LogP contribution in [-0.4, -0.2) is 46.6 Å². The van der Waals surface area contributed by atoms with Crippen molar-refractivity contribution in [3.8, 4) is 11.5 Å². The molecule has 1 aromatic carbocycles. The van der Waals surface area contributed by atoms with Crippen LogP contribution in [0.4, 0.5) is 4.79 Å². The van der Waals surface area contributed by atoms with Crippen molar-refractivity contribution in [2.75, 3.05) is 25.4 Å². The normalized spacial score (nSPS) is 14.4. The highest BCUT2D eigenvalue weighted by molar-refractivity contribution is 7.99. The molecule has 3 rings (SSSR count). The van der Waals surface area contributed by atoms with E-state index in [2.05, 4.69) is 10.2 Å². The van der Waals surface area contributed by atoms with E-state index in [1.54, 1.807) is 4.90 Å². The van der Waals surface area contributed by atoms with Crippen molar-refractivity contribution in [3.05, 3.63) is 29.8 Å². The Morgan fingerprint density at radius 1 is 1.32 bits per heavy atom. The largest absolute Gasteiger partial charge is 0.448 e. The lowest BCUT2D eigenvalue weighted by Gasteiger charge is -2.10. The Hall–Kier alpha value is -2.02. The molecule has 0 saturated carbocycles. The standard InChI is InChI=1S/C15H17N3O3S/c1-11-5-2-3-6-12(11)13-16-17-14(21-13)22-10-4-7-18-8-9-20-15(18)19/h2-3,5-6H,4,7-10H2,1H3. The molecule has 0 bridgehead atoms. The Morgan fingerprint density at radius 3 is 2.95 bits per heavy atom. The number of hydrogen-bond acceptors (Lipinski definition) is 6. The van der Waals surface area contributed by atoms with Gasteiger partial charge in [-0.1, -0.05) is 30.0 Å². The molecule has 1 fully saturated rings. The fourth-order valence-corrected chi connectivity index (χ4v) is 2.92. The number of carbonyl (C=O) groups excluding carboxylic acids is 1. The molecule has 1 aromatic heterocycles. The van der Waals surface area contributed by atoms with Gasteiger partial charge in [0.05, 0.1) is 6.54 Å². The molecule has 0 atom stereocenters. The minimum Gasteiger partial charge on any atom is -0.448 e. The van der Waals surface area contributed by atoms with Gasteiger partial charge >= 0.3 is 6.09 Å². The highest BCUT2D eigenvalue weighted by Crippen LogP contribution is 2.25. The Balaban J connectivity index is 1.50. The summed E-state index contributed by atoms with van der Waals surface area (Å²) in [5.41, 5.74) is 2.07. The lowest BCUT2D eigenvalue weighted by molar-refractivity contribution is 0.158. The van der Waals surface area contributed by atoms with Crippen molar-refractivity contribution in [2.45, 2.75) is 18.6 Å². The van der Waals surface area contributed by atoms with Crippen LogP contribution in [0.5, 0.6) is 0 Å². The van der Waals surface area contributed by atoms with Crippen molar-refractivity contribution < 1.29 is 13.9 Å². The molecule has 0 spiro atoms. The van der Waals surface area contributed by atoms with Gasteiger partial charge in [-0.3, -0.25) is 0 Å². The van der Waals surface area contributed by atoms with E-state index in [1.807, 2.05) is 31.2 Å². The first-order chi connectivity index (χ1) is 10.7. The lowest BCUT2D eigenvalue weighted by atomic mass is 10.1. The van der Waals surface area contributed by atoms with Gasteiger partial charge in [-0.05, 0) is 25.0 Å². The van der Waals surface area contributed by atoms with Gasteiger partial charge in [-0.15, -0.1) is 10.2 Å². The number of aryl methyl sites for hydroxylation is 1. The van der Waals surface area contributed by atoms with Gasteiger partial charge < -0.3 is 14.1 Å².